The highest BCUT2D eigenvalue weighted by molar-refractivity contribution is 6.01. The first-order chi connectivity index (χ1) is 15.3. The van der Waals surface area contributed by atoms with Crippen molar-refractivity contribution >= 4 is 22.6 Å². The van der Waals surface area contributed by atoms with Crippen LogP contribution in [0.15, 0.2) is 67.9 Å². The van der Waals surface area contributed by atoms with Crippen molar-refractivity contribution in [1.82, 2.24) is 19.1 Å². The number of fused-ring (bicyclic) bond motifs is 1. The molecule has 1 amide bonds. The molecule has 3 aromatic heterocycles. The molecule has 4 aromatic rings. The SMILES string of the molecule is C=CC(=O)Nc1cnc2c(c1)c(-c1cn(C3CC3)cn1)cn2-c1ccc(C(F)(F)F)cc1. The summed E-state index contributed by atoms with van der Waals surface area (Å²) in [6.07, 6.45) is 6.02. The summed E-state index contributed by atoms with van der Waals surface area (Å²) in [5.74, 6) is -0.368. The van der Waals surface area contributed by atoms with E-state index in [2.05, 4.69) is 26.4 Å². The third-order valence-corrected chi connectivity index (χ3v) is 5.41. The van der Waals surface area contributed by atoms with Crippen LogP contribution in [0.4, 0.5) is 18.9 Å². The van der Waals surface area contributed by atoms with Gasteiger partial charge in [0.1, 0.15) is 5.65 Å². The number of imidazole rings is 1. The second kappa shape index (κ2) is 7.37. The Morgan fingerprint density at radius 3 is 2.56 bits per heavy atom. The first-order valence-electron chi connectivity index (χ1n) is 9.99. The van der Waals surface area contributed by atoms with Crippen LogP contribution in [0.2, 0.25) is 0 Å². The number of carbonyl (C=O) groups is 1. The Bertz CT molecular complexity index is 1330. The lowest BCUT2D eigenvalue weighted by molar-refractivity contribution is -0.137. The molecule has 0 saturated heterocycles. The molecule has 6 nitrogen and oxygen atoms in total. The number of halogens is 3. The number of alkyl halides is 3. The molecule has 1 N–H and O–H groups in total. The molecule has 1 aliphatic rings. The number of hydrogen-bond acceptors (Lipinski definition) is 3. The average molecular weight is 437 g/mol. The zero-order valence-electron chi connectivity index (χ0n) is 16.8. The van der Waals surface area contributed by atoms with Crippen LogP contribution in [0.1, 0.15) is 24.4 Å². The summed E-state index contributed by atoms with van der Waals surface area (Å²) < 4.78 is 42.7. The Kier molecular flexibility index (Phi) is 4.61. The first-order valence-corrected chi connectivity index (χ1v) is 9.99. The average Bonchev–Trinajstić information content (AvgIpc) is 3.39. The second-order valence-corrected chi connectivity index (χ2v) is 7.68. The zero-order chi connectivity index (χ0) is 22.5. The van der Waals surface area contributed by atoms with Gasteiger partial charge in [-0.2, -0.15) is 13.2 Å². The van der Waals surface area contributed by atoms with Gasteiger partial charge in [-0.1, -0.05) is 6.58 Å². The molecule has 0 spiro atoms. The summed E-state index contributed by atoms with van der Waals surface area (Å²) in [6, 6.07) is 7.13. The van der Waals surface area contributed by atoms with Gasteiger partial charge in [0, 0.05) is 35.1 Å². The zero-order valence-corrected chi connectivity index (χ0v) is 16.8. The van der Waals surface area contributed by atoms with Crippen molar-refractivity contribution in [2.75, 3.05) is 5.32 Å². The van der Waals surface area contributed by atoms with Crippen LogP contribution in [-0.4, -0.2) is 25.0 Å². The monoisotopic (exact) mass is 437 g/mol. The van der Waals surface area contributed by atoms with E-state index in [9.17, 15) is 18.0 Å². The Morgan fingerprint density at radius 1 is 1.16 bits per heavy atom. The van der Waals surface area contributed by atoms with Gasteiger partial charge in [-0.15, -0.1) is 0 Å². The minimum atomic E-state index is -4.41. The van der Waals surface area contributed by atoms with Gasteiger partial charge in [0.05, 0.1) is 29.5 Å². The highest BCUT2D eigenvalue weighted by Gasteiger charge is 2.30. The van der Waals surface area contributed by atoms with Crippen LogP contribution < -0.4 is 5.32 Å². The van der Waals surface area contributed by atoms with Crippen LogP contribution in [0.3, 0.4) is 0 Å². The number of nitrogens with one attached hydrogen (secondary N) is 1. The molecule has 32 heavy (non-hydrogen) atoms. The predicted molar refractivity (Wildman–Crippen MR) is 114 cm³/mol. The Labute approximate surface area is 181 Å². The lowest BCUT2D eigenvalue weighted by Gasteiger charge is -2.09. The Hall–Kier alpha value is -3.88. The maximum atomic E-state index is 13.0. The van der Waals surface area contributed by atoms with Crippen molar-refractivity contribution in [2.45, 2.75) is 25.1 Å². The normalized spacial score (nSPS) is 14.0. The van der Waals surface area contributed by atoms with Crippen molar-refractivity contribution in [1.29, 1.82) is 0 Å². The van der Waals surface area contributed by atoms with Crippen molar-refractivity contribution in [2.24, 2.45) is 0 Å². The van der Waals surface area contributed by atoms with E-state index in [0.29, 0.717) is 28.5 Å². The topological polar surface area (TPSA) is 64.7 Å². The van der Waals surface area contributed by atoms with E-state index in [1.165, 1.54) is 18.3 Å². The van der Waals surface area contributed by atoms with Crippen LogP contribution in [0, 0.1) is 0 Å². The molecule has 0 radical (unpaired) electrons. The molecule has 5 rings (SSSR count). The summed E-state index contributed by atoms with van der Waals surface area (Å²) >= 11 is 0. The van der Waals surface area contributed by atoms with Gasteiger partial charge in [-0.05, 0) is 49.2 Å². The highest BCUT2D eigenvalue weighted by Crippen LogP contribution is 2.38. The molecular formula is C23H18F3N5O. The quantitative estimate of drug-likeness (QED) is 0.427. The van der Waals surface area contributed by atoms with E-state index in [-0.39, 0.29) is 5.91 Å². The molecule has 1 fully saturated rings. The van der Waals surface area contributed by atoms with Gasteiger partial charge in [0.2, 0.25) is 5.91 Å². The van der Waals surface area contributed by atoms with E-state index in [1.807, 2.05) is 6.20 Å². The lowest BCUT2D eigenvalue weighted by Crippen LogP contribution is -2.07. The number of anilines is 1. The van der Waals surface area contributed by atoms with Gasteiger partial charge in [-0.3, -0.25) is 4.79 Å². The van der Waals surface area contributed by atoms with Crippen molar-refractivity contribution in [3.05, 3.63) is 73.5 Å². The summed E-state index contributed by atoms with van der Waals surface area (Å²) in [7, 11) is 0. The lowest BCUT2D eigenvalue weighted by atomic mass is 10.1. The molecule has 3 heterocycles. The Balaban J connectivity index is 1.64. The molecule has 0 bridgehead atoms. The number of rotatable bonds is 5. The summed E-state index contributed by atoms with van der Waals surface area (Å²) in [6.45, 7) is 3.45. The first kappa shape index (κ1) is 20.0. The second-order valence-electron chi connectivity index (χ2n) is 7.68. The van der Waals surface area contributed by atoms with Crippen LogP contribution in [0.5, 0.6) is 0 Å². The van der Waals surface area contributed by atoms with Crippen molar-refractivity contribution in [3.63, 3.8) is 0 Å². The fourth-order valence-electron chi connectivity index (χ4n) is 3.63. The molecule has 0 unspecified atom stereocenters. The van der Waals surface area contributed by atoms with E-state index in [4.69, 9.17) is 0 Å². The molecule has 0 aliphatic heterocycles. The van der Waals surface area contributed by atoms with Gasteiger partial charge in [0.25, 0.3) is 0 Å². The number of aromatic nitrogens is 4. The Morgan fingerprint density at radius 2 is 1.91 bits per heavy atom. The van der Waals surface area contributed by atoms with E-state index >= 15 is 0 Å². The van der Waals surface area contributed by atoms with Gasteiger partial charge in [0.15, 0.2) is 0 Å². The number of benzene rings is 1. The third-order valence-electron chi connectivity index (χ3n) is 5.41. The van der Waals surface area contributed by atoms with Crippen LogP contribution in [-0.2, 0) is 11.0 Å². The number of hydrogen-bond donors (Lipinski definition) is 1. The van der Waals surface area contributed by atoms with Gasteiger partial charge < -0.3 is 14.5 Å². The third kappa shape index (κ3) is 3.66. The predicted octanol–water partition coefficient (Wildman–Crippen LogP) is 5.37. The van der Waals surface area contributed by atoms with Gasteiger partial charge >= 0.3 is 6.18 Å². The fourth-order valence-corrected chi connectivity index (χ4v) is 3.63. The van der Waals surface area contributed by atoms with Crippen molar-refractivity contribution in [3.8, 4) is 16.9 Å². The molecule has 0 atom stereocenters. The summed E-state index contributed by atoms with van der Waals surface area (Å²) in [5.41, 5.74) is 2.32. The molecule has 162 valence electrons. The minimum absolute atomic E-state index is 0.368. The number of pyridine rings is 1. The van der Waals surface area contributed by atoms with E-state index in [1.54, 1.807) is 23.2 Å². The molecule has 1 aliphatic carbocycles. The molecular weight excluding hydrogens is 419 g/mol. The molecule has 1 saturated carbocycles. The summed E-state index contributed by atoms with van der Waals surface area (Å²) in [4.78, 5) is 20.7. The summed E-state index contributed by atoms with van der Waals surface area (Å²) in [5, 5.41) is 3.41. The maximum absolute atomic E-state index is 13.0. The maximum Gasteiger partial charge on any atom is 0.416 e. The minimum Gasteiger partial charge on any atom is -0.334 e. The fraction of sp³-hybridized carbons (Fsp3) is 0.174. The molecule has 1 aromatic carbocycles. The number of nitrogens with zero attached hydrogens (tertiary/aromatic N) is 4. The number of amides is 1. The van der Waals surface area contributed by atoms with E-state index < -0.39 is 11.7 Å². The largest absolute Gasteiger partial charge is 0.416 e. The van der Waals surface area contributed by atoms with Crippen molar-refractivity contribution < 1.29 is 18.0 Å². The molecule has 9 heteroatoms. The van der Waals surface area contributed by atoms with E-state index in [0.717, 1.165) is 42.3 Å². The van der Waals surface area contributed by atoms with Gasteiger partial charge in [-0.25, -0.2) is 9.97 Å². The smallest absolute Gasteiger partial charge is 0.334 e. The number of carbonyl (C=O) groups excluding carboxylic acids is 1. The standard InChI is InChI=1S/C23H18F3N5O/c1-2-21(32)29-15-9-18-19(20-12-30(13-28-20)16-7-8-16)11-31(22(18)27-10-15)17-5-3-14(4-6-17)23(24,25)26/h2-6,9-13,16H,1,7-8H2,(H,29,32). The van der Waals surface area contributed by atoms with Crippen LogP contribution >= 0.6 is 0 Å². The van der Waals surface area contributed by atoms with Crippen LogP contribution in [0.25, 0.3) is 28.0 Å². The highest BCUT2D eigenvalue weighted by atomic mass is 19.4.